The number of rotatable bonds is 2. The van der Waals surface area contributed by atoms with E-state index in [0.29, 0.717) is 0 Å². The fraction of sp³-hybridized carbons (Fsp3) is 0.214. The number of anilines is 1. The first-order chi connectivity index (χ1) is 8.73. The third-order valence-electron chi connectivity index (χ3n) is 3.12. The van der Waals surface area contributed by atoms with E-state index in [2.05, 4.69) is 16.8 Å². The second kappa shape index (κ2) is 4.23. The molecule has 4 heteroatoms. The molecule has 1 aromatic carbocycles. The van der Waals surface area contributed by atoms with Crippen LogP contribution in [0.5, 0.6) is 0 Å². The van der Waals surface area contributed by atoms with Crippen molar-refractivity contribution in [3.05, 3.63) is 46.7 Å². The molecule has 0 saturated carbocycles. The van der Waals surface area contributed by atoms with Crippen LogP contribution >= 0.6 is 11.3 Å². The van der Waals surface area contributed by atoms with Crippen molar-refractivity contribution in [1.82, 2.24) is 0 Å². The number of ether oxygens (including phenoxy) is 1. The van der Waals surface area contributed by atoms with Crippen molar-refractivity contribution in [1.29, 1.82) is 0 Å². The molecule has 0 amide bonds. The Labute approximate surface area is 110 Å². The summed E-state index contributed by atoms with van der Waals surface area (Å²) in [6, 6.07) is 12.1. The summed E-state index contributed by atoms with van der Waals surface area (Å²) in [7, 11) is 1.70. The number of para-hydroxylation sites is 2. The Balaban J connectivity index is 2.17. The molecule has 1 unspecified atom stereocenters. The maximum Gasteiger partial charge on any atom is 0.180 e. The summed E-state index contributed by atoms with van der Waals surface area (Å²) in [6.45, 7) is 2.00. The van der Waals surface area contributed by atoms with Crippen molar-refractivity contribution in [2.24, 2.45) is 4.99 Å². The summed E-state index contributed by atoms with van der Waals surface area (Å²) in [5, 5.41) is 5.47. The van der Waals surface area contributed by atoms with Crippen LogP contribution in [0.2, 0.25) is 0 Å². The minimum absolute atomic E-state index is 0.584. The molecule has 1 atom stereocenters. The standard InChI is InChI=1S/C14H14N2OS/c1-14(17-2)13(12-8-5-9-18-12)15-10-6-3-4-7-11(10)16-14/h3-9,16H,1-2H3. The van der Waals surface area contributed by atoms with E-state index in [9.17, 15) is 0 Å². The van der Waals surface area contributed by atoms with Crippen LogP contribution in [0.3, 0.4) is 0 Å². The molecule has 1 aliphatic rings. The average molecular weight is 258 g/mol. The first-order valence-electron chi connectivity index (χ1n) is 5.78. The van der Waals surface area contributed by atoms with E-state index >= 15 is 0 Å². The molecule has 0 bridgehead atoms. The van der Waals surface area contributed by atoms with Crippen LogP contribution in [0.15, 0.2) is 46.8 Å². The molecule has 92 valence electrons. The highest BCUT2D eigenvalue weighted by Gasteiger charge is 2.35. The molecule has 1 aromatic heterocycles. The van der Waals surface area contributed by atoms with Crippen molar-refractivity contribution in [2.75, 3.05) is 12.4 Å². The quantitative estimate of drug-likeness (QED) is 0.892. The summed E-state index contributed by atoms with van der Waals surface area (Å²) < 4.78 is 5.64. The molecule has 0 fully saturated rings. The van der Waals surface area contributed by atoms with Crippen molar-refractivity contribution >= 4 is 28.4 Å². The molecule has 0 saturated heterocycles. The Kier molecular flexibility index (Phi) is 2.69. The molecule has 0 spiro atoms. The SMILES string of the molecule is COC1(C)Nc2ccccc2N=C1c1cccs1. The van der Waals surface area contributed by atoms with Gasteiger partial charge in [-0.05, 0) is 30.5 Å². The van der Waals surface area contributed by atoms with Gasteiger partial charge in [-0.25, -0.2) is 4.99 Å². The minimum Gasteiger partial charge on any atom is -0.353 e. The average Bonchev–Trinajstić information content (AvgIpc) is 2.91. The Bertz CT molecular complexity index is 592. The van der Waals surface area contributed by atoms with Crippen LogP contribution in [0, 0.1) is 0 Å². The number of hydrogen-bond acceptors (Lipinski definition) is 4. The molecular formula is C14H14N2OS. The molecule has 3 rings (SSSR count). The van der Waals surface area contributed by atoms with Gasteiger partial charge >= 0.3 is 0 Å². The molecule has 3 nitrogen and oxygen atoms in total. The monoisotopic (exact) mass is 258 g/mol. The van der Waals surface area contributed by atoms with E-state index in [-0.39, 0.29) is 0 Å². The van der Waals surface area contributed by atoms with Crippen molar-refractivity contribution in [3.8, 4) is 0 Å². The lowest BCUT2D eigenvalue weighted by molar-refractivity contribution is 0.0905. The van der Waals surface area contributed by atoms with E-state index in [1.165, 1.54) is 0 Å². The maximum atomic E-state index is 5.64. The number of nitrogens with zero attached hydrogens (tertiary/aromatic N) is 1. The summed E-state index contributed by atoms with van der Waals surface area (Å²) in [6.07, 6.45) is 0. The molecule has 2 heterocycles. The zero-order valence-corrected chi connectivity index (χ0v) is 11.1. The number of methoxy groups -OCH3 is 1. The van der Waals surface area contributed by atoms with E-state index < -0.39 is 5.72 Å². The molecule has 18 heavy (non-hydrogen) atoms. The normalized spacial score (nSPS) is 22.0. The Morgan fingerprint density at radius 3 is 2.78 bits per heavy atom. The predicted octanol–water partition coefficient (Wildman–Crippen LogP) is 3.66. The number of thiophene rings is 1. The van der Waals surface area contributed by atoms with Gasteiger partial charge in [-0.3, -0.25) is 0 Å². The molecule has 2 aromatic rings. The van der Waals surface area contributed by atoms with E-state index in [1.807, 2.05) is 37.3 Å². The Hall–Kier alpha value is -1.65. The first kappa shape index (κ1) is 11.4. The number of hydrogen-bond donors (Lipinski definition) is 1. The highest BCUT2D eigenvalue weighted by Crippen LogP contribution is 2.36. The van der Waals surface area contributed by atoms with E-state index in [4.69, 9.17) is 9.73 Å². The van der Waals surface area contributed by atoms with Gasteiger partial charge in [-0.15, -0.1) is 11.3 Å². The van der Waals surface area contributed by atoms with Crippen molar-refractivity contribution < 1.29 is 4.74 Å². The fourth-order valence-corrected chi connectivity index (χ4v) is 2.88. The smallest absolute Gasteiger partial charge is 0.180 e. The Morgan fingerprint density at radius 2 is 2.06 bits per heavy atom. The van der Waals surface area contributed by atoms with Crippen LogP contribution in [0.4, 0.5) is 11.4 Å². The summed E-state index contributed by atoms with van der Waals surface area (Å²) >= 11 is 1.67. The van der Waals surface area contributed by atoms with E-state index in [1.54, 1.807) is 18.4 Å². The second-order valence-electron chi connectivity index (χ2n) is 4.32. The largest absolute Gasteiger partial charge is 0.353 e. The minimum atomic E-state index is -0.584. The van der Waals surface area contributed by atoms with Crippen LogP contribution in [0.25, 0.3) is 0 Å². The van der Waals surface area contributed by atoms with Gasteiger partial charge in [-0.1, -0.05) is 18.2 Å². The zero-order chi connectivity index (χ0) is 12.6. The summed E-state index contributed by atoms with van der Waals surface area (Å²) in [5.74, 6) is 0. The summed E-state index contributed by atoms with van der Waals surface area (Å²) in [5.41, 5.74) is 2.30. The van der Waals surface area contributed by atoms with Gasteiger partial charge in [0, 0.05) is 7.11 Å². The molecular weight excluding hydrogens is 244 g/mol. The lowest BCUT2D eigenvalue weighted by atomic mass is 10.0. The number of nitrogens with one attached hydrogen (secondary N) is 1. The van der Waals surface area contributed by atoms with E-state index in [0.717, 1.165) is 22.0 Å². The van der Waals surface area contributed by atoms with Gasteiger partial charge < -0.3 is 10.1 Å². The van der Waals surface area contributed by atoms with Gasteiger partial charge in [0.05, 0.1) is 16.3 Å². The van der Waals surface area contributed by atoms with Crippen LogP contribution in [-0.4, -0.2) is 18.5 Å². The van der Waals surface area contributed by atoms with Crippen LogP contribution in [0.1, 0.15) is 11.8 Å². The predicted molar refractivity (Wildman–Crippen MR) is 76.0 cm³/mol. The highest BCUT2D eigenvalue weighted by atomic mass is 32.1. The van der Waals surface area contributed by atoms with Crippen molar-refractivity contribution in [2.45, 2.75) is 12.6 Å². The molecule has 0 aliphatic carbocycles. The third-order valence-corrected chi connectivity index (χ3v) is 4.00. The topological polar surface area (TPSA) is 33.6 Å². The molecule has 0 radical (unpaired) electrons. The van der Waals surface area contributed by atoms with Gasteiger partial charge in [0.25, 0.3) is 0 Å². The fourth-order valence-electron chi connectivity index (χ4n) is 2.07. The summed E-state index contributed by atoms with van der Waals surface area (Å²) in [4.78, 5) is 5.88. The lowest BCUT2D eigenvalue weighted by Gasteiger charge is -2.35. The zero-order valence-electron chi connectivity index (χ0n) is 10.3. The Morgan fingerprint density at radius 1 is 1.22 bits per heavy atom. The van der Waals surface area contributed by atoms with Gasteiger partial charge in [0.1, 0.15) is 5.71 Å². The van der Waals surface area contributed by atoms with Gasteiger partial charge in [0.2, 0.25) is 0 Å². The van der Waals surface area contributed by atoms with Crippen molar-refractivity contribution in [3.63, 3.8) is 0 Å². The van der Waals surface area contributed by atoms with Crippen LogP contribution < -0.4 is 5.32 Å². The van der Waals surface area contributed by atoms with Crippen LogP contribution in [-0.2, 0) is 4.74 Å². The highest BCUT2D eigenvalue weighted by molar-refractivity contribution is 7.12. The maximum absolute atomic E-state index is 5.64. The van der Waals surface area contributed by atoms with Gasteiger partial charge in [-0.2, -0.15) is 0 Å². The first-order valence-corrected chi connectivity index (χ1v) is 6.66. The van der Waals surface area contributed by atoms with Gasteiger partial charge in [0.15, 0.2) is 5.72 Å². The number of fused-ring (bicyclic) bond motifs is 1. The molecule has 1 N–H and O–H groups in total. The second-order valence-corrected chi connectivity index (χ2v) is 5.26. The number of benzene rings is 1. The third kappa shape index (κ3) is 1.74. The lowest BCUT2D eigenvalue weighted by Crippen LogP contribution is -2.47. The number of aliphatic imine (C=N–C) groups is 1. The molecule has 1 aliphatic heterocycles.